The summed E-state index contributed by atoms with van der Waals surface area (Å²) in [7, 11) is 0. The first-order valence-corrected chi connectivity index (χ1v) is 6.61. The number of hydrogen-bond acceptors (Lipinski definition) is 3. The monoisotopic (exact) mass is 305 g/mol. The third kappa shape index (κ3) is 3.08. The Balaban J connectivity index is 1.91. The second kappa shape index (κ2) is 5.61. The Morgan fingerprint density at radius 2 is 1.67 bits per heavy atom. The van der Waals surface area contributed by atoms with E-state index in [9.17, 15) is 8.78 Å². The van der Waals surface area contributed by atoms with E-state index in [0.717, 1.165) is 5.56 Å². The van der Waals surface area contributed by atoms with Crippen molar-refractivity contribution in [3.8, 4) is 0 Å². The fourth-order valence-electron chi connectivity index (χ4n) is 2.00. The van der Waals surface area contributed by atoms with Gasteiger partial charge in [0.2, 0.25) is 5.28 Å². The molecular formula is C15H10ClF2N3. The lowest BCUT2D eigenvalue weighted by atomic mass is 10.2. The van der Waals surface area contributed by atoms with Gasteiger partial charge in [0.05, 0.1) is 5.52 Å². The first kappa shape index (κ1) is 13.7. The topological polar surface area (TPSA) is 37.8 Å². The summed E-state index contributed by atoms with van der Waals surface area (Å²) in [6, 6.07) is 10.3. The van der Waals surface area contributed by atoms with Crippen LogP contribution in [-0.4, -0.2) is 9.97 Å². The predicted octanol–water partition coefficient (Wildman–Crippen LogP) is 4.17. The molecule has 3 aromatic rings. The summed E-state index contributed by atoms with van der Waals surface area (Å²) in [6.45, 7) is 0.445. The molecule has 0 spiro atoms. The van der Waals surface area contributed by atoms with Crippen LogP contribution in [0.15, 0.2) is 42.5 Å². The molecule has 2 aromatic carbocycles. The minimum atomic E-state index is -0.387. The molecule has 0 amide bonds. The van der Waals surface area contributed by atoms with Crippen molar-refractivity contribution in [1.29, 1.82) is 0 Å². The molecule has 0 aliphatic carbocycles. The minimum Gasteiger partial charge on any atom is -0.365 e. The second-order valence-electron chi connectivity index (χ2n) is 4.48. The molecule has 0 unspecified atom stereocenters. The van der Waals surface area contributed by atoms with Crippen molar-refractivity contribution in [2.24, 2.45) is 0 Å². The molecule has 106 valence electrons. The summed E-state index contributed by atoms with van der Waals surface area (Å²) in [5, 5.41) is 3.81. The number of benzene rings is 2. The molecular weight excluding hydrogens is 296 g/mol. The highest BCUT2D eigenvalue weighted by Gasteiger charge is 2.07. The molecule has 0 radical (unpaired) electrons. The third-order valence-corrected chi connectivity index (χ3v) is 3.17. The Labute approximate surface area is 124 Å². The average Bonchev–Trinajstić information content (AvgIpc) is 2.45. The number of nitrogens with zero attached hydrogens (tertiary/aromatic N) is 2. The van der Waals surface area contributed by atoms with E-state index < -0.39 is 0 Å². The first-order chi connectivity index (χ1) is 10.1. The Kier molecular flexibility index (Phi) is 3.66. The number of fused-ring (bicyclic) bond motifs is 1. The zero-order valence-corrected chi connectivity index (χ0v) is 11.5. The Hall–Kier alpha value is -2.27. The summed E-state index contributed by atoms with van der Waals surface area (Å²) in [4.78, 5) is 8.10. The van der Waals surface area contributed by atoms with Gasteiger partial charge >= 0.3 is 0 Å². The van der Waals surface area contributed by atoms with Crippen LogP contribution in [0, 0.1) is 11.6 Å². The average molecular weight is 306 g/mol. The van der Waals surface area contributed by atoms with E-state index in [1.807, 2.05) is 0 Å². The van der Waals surface area contributed by atoms with E-state index in [2.05, 4.69) is 15.3 Å². The molecule has 3 rings (SSSR count). The number of nitrogens with one attached hydrogen (secondary N) is 1. The minimum absolute atomic E-state index is 0.0368. The molecule has 21 heavy (non-hydrogen) atoms. The van der Waals surface area contributed by atoms with Gasteiger partial charge in [-0.15, -0.1) is 0 Å². The van der Waals surface area contributed by atoms with Crippen LogP contribution in [-0.2, 0) is 6.54 Å². The largest absolute Gasteiger partial charge is 0.365 e. The molecule has 1 N–H and O–H groups in total. The number of halogens is 3. The third-order valence-electron chi connectivity index (χ3n) is 3.00. The summed E-state index contributed by atoms with van der Waals surface area (Å²) in [5.74, 6) is -0.166. The highest BCUT2D eigenvalue weighted by molar-refractivity contribution is 6.28. The summed E-state index contributed by atoms with van der Waals surface area (Å²) < 4.78 is 26.1. The zero-order chi connectivity index (χ0) is 14.8. The second-order valence-corrected chi connectivity index (χ2v) is 4.82. The Morgan fingerprint density at radius 3 is 2.43 bits per heavy atom. The van der Waals surface area contributed by atoms with Gasteiger partial charge in [-0.2, -0.15) is 0 Å². The molecule has 0 saturated heterocycles. The van der Waals surface area contributed by atoms with Crippen LogP contribution in [0.25, 0.3) is 10.9 Å². The van der Waals surface area contributed by atoms with Gasteiger partial charge in [0.1, 0.15) is 17.5 Å². The summed E-state index contributed by atoms with van der Waals surface area (Å²) in [5.41, 5.74) is 1.32. The maximum Gasteiger partial charge on any atom is 0.224 e. The van der Waals surface area contributed by atoms with E-state index in [1.54, 1.807) is 18.2 Å². The standard InChI is InChI=1S/C15H10ClF2N3/c16-15-20-13-7-11(18)5-6-12(13)14(21-15)19-8-9-1-3-10(17)4-2-9/h1-7H,8H2,(H,19,20,21). The predicted molar refractivity (Wildman–Crippen MR) is 78.2 cm³/mol. The van der Waals surface area contributed by atoms with Crippen LogP contribution in [0.2, 0.25) is 5.28 Å². The lowest BCUT2D eigenvalue weighted by Gasteiger charge is -2.09. The number of anilines is 1. The van der Waals surface area contributed by atoms with Gasteiger partial charge in [0.25, 0.3) is 0 Å². The highest BCUT2D eigenvalue weighted by atomic mass is 35.5. The van der Waals surface area contributed by atoms with E-state index in [0.29, 0.717) is 23.3 Å². The van der Waals surface area contributed by atoms with Crippen molar-refractivity contribution in [2.75, 3.05) is 5.32 Å². The maximum absolute atomic E-state index is 13.2. The molecule has 0 atom stereocenters. The Bertz CT molecular complexity index is 786. The van der Waals surface area contributed by atoms with Gasteiger partial charge in [-0.25, -0.2) is 18.7 Å². The number of hydrogen-bond donors (Lipinski definition) is 1. The molecule has 3 nitrogen and oxygen atoms in total. The van der Waals surface area contributed by atoms with Crippen molar-refractivity contribution in [3.63, 3.8) is 0 Å². The van der Waals surface area contributed by atoms with Crippen molar-refractivity contribution in [3.05, 3.63) is 64.9 Å². The summed E-state index contributed by atoms with van der Waals surface area (Å²) >= 11 is 5.84. The van der Waals surface area contributed by atoms with Gasteiger partial charge in [-0.3, -0.25) is 0 Å². The van der Waals surface area contributed by atoms with Crippen molar-refractivity contribution >= 4 is 28.3 Å². The van der Waals surface area contributed by atoms with E-state index in [4.69, 9.17) is 11.6 Å². The lowest BCUT2D eigenvalue weighted by Crippen LogP contribution is -2.03. The van der Waals surface area contributed by atoms with Gasteiger partial charge < -0.3 is 5.32 Å². The van der Waals surface area contributed by atoms with Gasteiger partial charge in [0.15, 0.2) is 0 Å². The van der Waals surface area contributed by atoms with Gasteiger partial charge in [0, 0.05) is 18.0 Å². The van der Waals surface area contributed by atoms with E-state index >= 15 is 0 Å². The molecule has 0 aliphatic rings. The fraction of sp³-hybridized carbons (Fsp3) is 0.0667. The molecule has 6 heteroatoms. The van der Waals surface area contributed by atoms with Crippen LogP contribution in [0.4, 0.5) is 14.6 Å². The molecule has 1 heterocycles. The summed E-state index contributed by atoms with van der Waals surface area (Å²) in [6.07, 6.45) is 0. The van der Waals surface area contributed by atoms with Crippen molar-refractivity contribution in [2.45, 2.75) is 6.54 Å². The van der Waals surface area contributed by atoms with Crippen LogP contribution >= 0.6 is 11.6 Å². The maximum atomic E-state index is 13.2. The van der Waals surface area contributed by atoms with Crippen LogP contribution in [0.1, 0.15) is 5.56 Å². The number of rotatable bonds is 3. The van der Waals surface area contributed by atoms with Crippen LogP contribution in [0.5, 0.6) is 0 Å². The van der Waals surface area contributed by atoms with Gasteiger partial charge in [-0.05, 0) is 41.4 Å². The van der Waals surface area contributed by atoms with Crippen molar-refractivity contribution < 1.29 is 8.78 Å². The fourth-order valence-corrected chi connectivity index (χ4v) is 2.17. The molecule has 0 saturated carbocycles. The highest BCUT2D eigenvalue weighted by Crippen LogP contribution is 2.23. The van der Waals surface area contributed by atoms with E-state index in [1.165, 1.54) is 24.3 Å². The zero-order valence-electron chi connectivity index (χ0n) is 10.8. The molecule has 0 fully saturated rings. The smallest absolute Gasteiger partial charge is 0.224 e. The normalized spacial score (nSPS) is 10.8. The molecule has 0 aliphatic heterocycles. The number of aromatic nitrogens is 2. The van der Waals surface area contributed by atoms with Crippen molar-refractivity contribution in [1.82, 2.24) is 9.97 Å². The Morgan fingerprint density at radius 1 is 0.952 bits per heavy atom. The molecule has 1 aromatic heterocycles. The SMILES string of the molecule is Fc1ccc(CNc2nc(Cl)nc3cc(F)ccc23)cc1. The first-order valence-electron chi connectivity index (χ1n) is 6.23. The van der Waals surface area contributed by atoms with E-state index in [-0.39, 0.29) is 16.9 Å². The van der Waals surface area contributed by atoms with Crippen LogP contribution < -0.4 is 5.32 Å². The van der Waals surface area contributed by atoms with Crippen LogP contribution in [0.3, 0.4) is 0 Å². The van der Waals surface area contributed by atoms with Gasteiger partial charge in [-0.1, -0.05) is 12.1 Å². The molecule has 0 bridgehead atoms. The quantitative estimate of drug-likeness (QED) is 0.738. The lowest BCUT2D eigenvalue weighted by molar-refractivity contribution is 0.627.